The lowest BCUT2D eigenvalue weighted by molar-refractivity contribution is -0.134. The molecule has 17 heavy (non-hydrogen) atoms. The van der Waals surface area contributed by atoms with Gasteiger partial charge in [-0.15, -0.1) is 0 Å². The van der Waals surface area contributed by atoms with E-state index in [1.54, 1.807) is 13.0 Å². The van der Waals surface area contributed by atoms with Crippen LogP contribution in [-0.4, -0.2) is 25.2 Å². The number of para-hydroxylation sites is 1. The van der Waals surface area contributed by atoms with Crippen LogP contribution in [0.25, 0.3) is 0 Å². The molecule has 0 radical (unpaired) electrons. The fourth-order valence-electron chi connectivity index (χ4n) is 1.52. The highest BCUT2D eigenvalue weighted by Gasteiger charge is 2.17. The molecule has 0 saturated carbocycles. The number of nitrogens with one attached hydrogen (secondary N) is 1. The fourth-order valence-corrected chi connectivity index (χ4v) is 2.52. The first-order valence-corrected chi connectivity index (χ1v) is 6.81. The molecular formula is C11H15NO4S. The van der Waals surface area contributed by atoms with Crippen LogP contribution in [0.15, 0.2) is 18.2 Å². The standard InChI is InChI=1S/C11H15NO4S/c1-3-9-6-4-5-8(2)11(9)12-17(15,16)7-10(13)14/h4-6,12H,3,7H2,1-2H3,(H,13,14). The Hall–Kier alpha value is -1.56. The van der Waals surface area contributed by atoms with Gasteiger partial charge in [0.25, 0.3) is 0 Å². The van der Waals surface area contributed by atoms with Crippen LogP contribution in [0, 0.1) is 6.92 Å². The monoisotopic (exact) mass is 257 g/mol. The largest absolute Gasteiger partial charge is 0.480 e. The van der Waals surface area contributed by atoms with Gasteiger partial charge >= 0.3 is 5.97 Å². The maximum Gasteiger partial charge on any atom is 0.320 e. The molecular weight excluding hydrogens is 242 g/mol. The SMILES string of the molecule is CCc1cccc(C)c1NS(=O)(=O)CC(=O)O. The summed E-state index contributed by atoms with van der Waals surface area (Å²) in [6.07, 6.45) is 0.673. The summed E-state index contributed by atoms with van der Waals surface area (Å²) >= 11 is 0. The van der Waals surface area contributed by atoms with Crippen LogP contribution in [0.5, 0.6) is 0 Å². The Balaban J connectivity index is 3.07. The average molecular weight is 257 g/mol. The zero-order chi connectivity index (χ0) is 13.1. The summed E-state index contributed by atoms with van der Waals surface area (Å²) in [5, 5.41) is 8.50. The third kappa shape index (κ3) is 3.74. The van der Waals surface area contributed by atoms with Gasteiger partial charge in [-0.25, -0.2) is 8.42 Å². The summed E-state index contributed by atoms with van der Waals surface area (Å²) in [5.74, 6) is -2.30. The highest BCUT2D eigenvalue weighted by atomic mass is 32.2. The molecule has 2 N–H and O–H groups in total. The van der Waals surface area contributed by atoms with Crippen LogP contribution < -0.4 is 4.72 Å². The molecule has 0 aliphatic rings. The van der Waals surface area contributed by atoms with Crippen molar-refractivity contribution in [2.75, 3.05) is 10.5 Å². The van der Waals surface area contributed by atoms with E-state index in [-0.39, 0.29) is 0 Å². The number of sulfonamides is 1. The van der Waals surface area contributed by atoms with Crippen LogP contribution in [0.4, 0.5) is 5.69 Å². The van der Waals surface area contributed by atoms with Gasteiger partial charge in [0.2, 0.25) is 10.0 Å². The number of carboxylic acid groups (broad SMARTS) is 1. The number of hydrogen-bond donors (Lipinski definition) is 2. The van der Waals surface area contributed by atoms with E-state index in [0.29, 0.717) is 12.1 Å². The minimum atomic E-state index is -3.84. The van der Waals surface area contributed by atoms with Gasteiger partial charge in [-0.2, -0.15) is 0 Å². The Bertz CT molecular complexity index is 522. The fraction of sp³-hybridized carbons (Fsp3) is 0.364. The molecule has 0 unspecified atom stereocenters. The van der Waals surface area contributed by atoms with E-state index in [9.17, 15) is 13.2 Å². The second-order valence-electron chi connectivity index (χ2n) is 3.72. The lowest BCUT2D eigenvalue weighted by Gasteiger charge is -2.13. The highest BCUT2D eigenvalue weighted by molar-refractivity contribution is 7.93. The molecule has 1 aromatic rings. The summed E-state index contributed by atoms with van der Waals surface area (Å²) < 4.78 is 25.4. The van der Waals surface area contributed by atoms with Crippen molar-refractivity contribution in [2.24, 2.45) is 0 Å². The van der Waals surface area contributed by atoms with Crippen molar-refractivity contribution >= 4 is 21.7 Å². The third-order valence-corrected chi connectivity index (χ3v) is 3.45. The molecule has 0 bridgehead atoms. The summed E-state index contributed by atoms with van der Waals surface area (Å²) in [7, 11) is -3.84. The molecule has 94 valence electrons. The zero-order valence-corrected chi connectivity index (χ0v) is 10.5. The molecule has 0 aromatic heterocycles. The number of carboxylic acids is 1. The molecule has 1 rings (SSSR count). The summed E-state index contributed by atoms with van der Waals surface area (Å²) in [6.45, 7) is 3.68. The van der Waals surface area contributed by atoms with Gasteiger partial charge in [0, 0.05) is 0 Å². The van der Waals surface area contributed by atoms with E-state index in [4.69, 9.17) is 5.11 Å². The molecule has 1 aromatic carbocycles. The van der Waals surface area contributed by atoms with Gasteiger partial charge < -0.3 is 5.11 Å². The number of hydrogen-bond acceptors (Lipinski definition) is 3. The second-order valence-corrected chi connectivity index (χ2v) is 5.44. The van der Waals surface area contributed by atoms with Crippen LogP contribution in [0.2, 0.25) is 0 Å². The smallest absolute Gasteiger partial charge is 0.320 e. The minimum absolute atomic E-state index is 0.483. The molecule has 0 heterocycles. The summed E-state index contributed by atoms with van der Waals surface area (Å²) in [6, 6.07) is 5.42. The number of carbonyl (C=O) groups is 1. The molecule has 0 amide bonds. The summed E-state index contributed by atoms with van der Waals surface area (Å²) in [5.41, 5.74) is 2.11. The Morgan fingerprint density at radius 1 is 1.41 bits per heavy atom. The van der Waals surface area contributed by atoms with Crippen molar-refractivity contribution in [1.82, 2.24) is 0 Å². The summed E-state index contributed by atoms with van der Waals surface area (Å²) in [4.78, 5) is 10.4. The van der Waals surface area contributed by atoms with Crippen LogP contribution in [-0.2, 0) is 21.2 Å². The maximum atomic E-state index is 11.5. The van der Waals surface area contributed by atoms with Crippen molar-refractivity contribution in [3.63, 3.8) is 0 Å². The van der Waals surface area contributed by atoms with E-state index in [2.05, 4.69) is 4.72 Å². The van der Waals surface area contributed by atoms with E-state index < -0.39 is 21.7 Å². The van der Waals surface area contributed by atoms with E-state index >= 15 is 0 Å². The van der Waals surface area contributed by atoms with Crippen LogP contribution in [0.1, 0.15) is 18.1 Å². The quantitative estimate of drug-likeness (QED) is 0.834. The molecule has 5 nitrogen and oxygen atoms in total. The van der Waals surface area contributed by atoms with E-state index in [1.165, 1.54) is 0 Å². The first kappa shape index (κ1) is 13.5. The molecule has 0 aliphatic heterocycles. The lowest BCUT2D eigenvalue weighted by atomic mass is 10.1. The van der Waals surface area contributed by atoms with Crippen molar-refractivity contribution in [2.45, 2.75) is 20.3 Å². The Morgan fingerprint density at radius 2 is 2.06 bits per heavy atom. The first-order chi connectivity index (χ1) is 7.85. The predicted molar refractivity (Wildman–Crippen MR) is 65.6 cm³/mol. The van der Waals surface area contributed by atoms with Gasteiger partial charge in [-0.3, -0.25) is 9.52 Å². The number of aliphatic carboxylic acids is 1. The molecule has 0 spiro atoms. The Morgan fingerprint density at radius 3 is 2.59 bits per heavy atom. The number of benzene rings is 1. The van der Waals surface area contributed by atoms with Gasteiger partial charge in [0.05, 0.1) is 5.69 Å². The van der Waals surface area contributed by atoms with E-state index in [1.807, 2.05) is 19.1 Å². The normalized spacial score (nSPS) is 11.2. The number of aryl methyl sites for hydroxylation is 2. The average Bonchev–Trinajstić information content (AvgIpc) is 2.18. The van der Waals surface area contributed by atoms with Crippen molar-refractivity contribution in [1.29, 1.82) is 0 Å². The molecule has 0 fully saturated rings. The number of rotatable bonds is 5. The minimum Gasteiger partial charge on any atom is -0.480 e. The van der Waals surface area contributed by atoms with Crippen molar-refractivity contribution in [3.8, 4) is 0 Å². The number of anilines is 1. The predicted octanol–water partition coefficient (Wildman–Crippen LogP) is 1.38. The van der Waals surface area contributed by atoms with Gasteiger partial charge in [-0.05, 0) is 24.5 Å². The topological polar surface area (TPSA) is 83.5 Å². The molecule has 0 saturated heterocycles. The lowest BCUT2D eigenvalue weighted by Crippen LogP contribution is -2.23. The first-order valence-electron chi connectivity index (χ1n) is 5.16. The molecule has 0 atom stereocenters. The van der Waals surface area contributed by atoms with Crippen molar-refractivity contribution in [3.05, 3.63) is 29.3 Å². The molecule has 0 aliphatic carbocycles. The van der Waals surface area contributed by atoms with Gasteiger partial charge in [0.15, 0.2) is 5.75 Å². The van der Waals surface area contributed by atoms with Gasteiger partial charge in [0.1, 0.15) is 0 Å². The van der Waals surface area contributed by atoms with Crippen molar-refractivity contribution < 1.29 is 18.3 Å². The Kier molecular flexibility index (Phi) is 4.11. The molecule has 6 heteroatoms. The highest BCUT2D eigenvalue weighted by Crippen LogP contribution is 2.22. The van der Waals surface area contributed by atoms with E-state index in [0.717, 1.165) is 11.1 Å². The Labute approximate surface area is 101 Å². The van der Waals surface area contributed by atoms with Crippen LogP contribution >= 0.6 is 0 Å². The maximum absolute atomic E-state index is 11.5. The third-order valence-electron chi connectivity index (χ3n) is 2.31. The van der Waals surface area contributed by atoms with Gasteiger partial charge in [-0.1, -0.05) is 25.1 Å². The van der Waals surface area contributed by atoms with Crippen LogP contribution in [0.3, 0.4) is 0 Å². The zero-order valence-electron chi connectivity index (χ0n) is 9.73. The second kappa shape index (κ2) is 5.18.